The van der Waals surface area contributed by atoms with Gasteiger partial charge >= 0.3 is 0 Å². The zero-order valence-electron chi connectivity index (χ0n) is 11.9. The van der Waals surface area contributed by atoms with Crippen LogP contribution in [-0.4, -0.2) is 5.11 Å². The van der Waals surface area contributed by atoms with Crippen molar-refractivity contribution >= 4 is 0 Å². The van der Waals surface area contributed by atoms with E-state index in [-0.39, 0.29) is 6.61 Å². The molecule has 108 valence electrons. The van der Waals surface area contributed by atoms with Crippen molar-refractivity contribution < 1.29 is 14.2 Å². The molecule has 3 nitrogen and oxygen atoms in total. The van der Waals surface area contributed by atoms with E-state index in [4.69, 9.17) is 10.00 Å². The Morgan fingerprint density at radius 3 is 2.67 bits per heavy atom. The number of ether oxygens (including phenoxy) is 1. The summed E-state index contributed by atoms with van der Waals surface area (Å²) >= 11 is 0. The Kier molecular flexibility index (Phi) is 4.56. The van der Waals surface area contributed by atoms with E-state index in [1.165, 1.54) is 18.2 Å². The van der Waals surface area contributed by atoms with Gasteiger partial charge in [-0.1, -0.05) is 6.07 Å². The number of aliphatic hydroxyl groups excluding tert-OH is 1. The van der Waals surface area contributed by atoms with Crippen LogP contribution in [0.15, 0.2) is 36.4 Å². The van der Waals surface area contributed by atoms with Gasteiger partial charge in [0.15, 0.2) is 0 Å². The van der Waals surface area contributed by atoms with Crippen LogP contribution < -0.4 is 4.74 Å². The second-order valence-electron chi connectivity index (χ2n) is 4.91. The molecule has 0 spiro atoms. The standard InChI is InChI=1S/C17H16FNO2/c1-11-7-14(12(2)20)4-6-17(11)21-10-15-8-13(9-19)3-5-16(15)18/h3-8,12,20H,10H2,1-2H3. The van der Waals surface area contributed by atoms with Crippen molar-refractivity contribution in [1.29, 1.82) is 5.26 Å². The molecule has 0 bridgehead atoms. The number of rotatable bonds is 4. The molecule has 1 N–H and O–H groups in total. The van der Waals surface area contributed by atoms with Crippen molar-refractivity contribution in [2.24, 2.45) is 0 Å². The summed E-state index contributed by atoms with van der Waals surface area (Å²) in [5.74, 6) is 0.230. The van der Waals surface area contributed by atoms with Crippen molar-refractivity contribution in [2.75, 3.05) is 0 Å². The molecule has 0 amide bonds. The fourth-order valence-corrected chi connectivity index (χ4v) is 2.00. The van der Waals surface area contributed by atoms with Crippen molar-refractivity contribution in [2.45, 2.75) is 26.6 Å². The highest BCUT2D eigenvalue weighted by molar-refractivity contribution is 5.38. The number of hydrogen-bond acceptors (Lipinski definition) is 3. The number of aryl methyl sites for hydroxylation is 1. The third-order valence-electron chi connectivity index (χ3n) is 3.24. The van der Waals surface area contributed by atoms with Crippen LogP contribution in [0.4, 0.5) is 4.39 Å². The SMILES string of the molecule is Cc1cc(C(C)O)ccc1OCc1cc(C#N)ccc1F. The van der Waals surface area contributed by atoms with Gasteiger partial charge in [0.2, 0.25) is 0 Å². The molecule has 4 heteroatoms. The zero-order chi connectivity index (χ0) is 15.4. The zero-order valence-corrected chi connectivity index (χ0v) is 11.9. The highest BCUT2D eigenvalue weighted by Gasteiger charge is 2.08. The number of halogens is 1. The van der Waals surface area contributed by atoms with Crippen LogP contribution in [0.25, 0.3) is 0 Å². The molecule has 0 aliphatic heterocycles. The molecule has 0 saturated carbocycles. The van der Waals surface area contributed by atoms with Crippen LogP contribution in [0.3, 0.4) is 0 Å². The van der Waals surface area contributed by atoms with Gasteiger partial charge in [-0.15, -0.1) is 0 Å². The summed E-state index contributed by atoms with van der Waals surface area (Å²) in [7, 11) is 0. The van der Waals surface area contributed by atoms with Gasteiger partial charge in [-0.25, -0.2) is 4.39 Å². The van der Waals surface area contributed by atoms with E-state index in [0.29, 0.717) is 16.9 Å². The first-order valence-electron chi connectivity index (χ1n) is 6.61. The maximum atomic E-state index is 13.7. The molecule has 2 rings (SSSR count). The number of benzene rings is 2. The van der Waals surface area contributed by atoms with Crippen LogP contribution >= 0.6 is 0 Å². The summed E-state index contributed by atoms with van der Waals surface area (Å²) in [4.78, 5) is 0. The Balaban J connectivity index is 2.15. The largest absolute Gasteiger partial charge is 0.489 e. The molecule has 21 heavy (non-hydrogen) atoms. The van der Waals surface area contributed by atoms with E-state index in [2.05, 4.69) is 0 Å². The Hall–Kier alpha value is -2.38. The van der Waals surface area contributed by atoms with Crippen LogP contribution in [0.1, 0.15) is 35.3 Å². The average Bonchev–Trinajstić information content (AvgIpc) is 2.47. The monoisotopic (exact) mass is 285 g/mol. The van der Waals surface area contributed by atoms with Crippen molar-refractivity contribution in [3.8, 4) is 11.8 Å². The lowest BCUT2D eigenvalue weighted by Gasteiger charge is -2.12. The number of nitrogens with zero attached hydrogens (tertiary/aromatic N) is 1. The highest BCUT2D eigenvalue weighted by Crippen LogP contribution is 2.24. The molecule has 0 aromatic heterocycles. The van der Waals surface area contributed by atoms with Crippen molar-refractivity contribution in [3.63, 3.8) is 0 Å². The number of nitriles is 1. The lowest BCUT2D eigenvalue weighted by molar-refractivity contribution is 0.199. The summed E-state index contributed by atoms with van der Waals surface area (Å²) in [6.07, 6.45) is -0.539. The molecule has 1 atom stereocenters. The van der Waals surface area contributed by atoms with Gasteiger partial charge in [0.25, 0.3) is 0 Å². The van der Waals surface area contributed by atoms with Gasteiger partial charge in [0.05, 0.1) is 17.7 Å². The Morgan fingerprint density at radius 1 is 1.29 bits per heavy atom. The third kappa shape index (κ3) is 3.59. The second-order valence-corrected chi connectivity index (χ2v) is 4.91. The van der Waals surface area contributed by atoms with Gasteiger partial charge < -0.3 is 9.84 Å². The van der Waals surface area contributed by atoms with E-state index in [0.717, 1.165) is 11.1 Å². The maximum absolute atomic E-state index is 13.7. The van der Waals surface area contributed by atoms with Gasteiger partial charge in [-0.2, -0.15) is 5.26 Å². The van der Waals surface area contributed by atoms with E-state index in [9.17, 15) is 9.50 Å². The molecular formula is C17H16FNO2. The average molecular weight is 285 g/mol. The summed E-state index contributed by atoms with van der Waals surface area (Å²) in [6, 6.07) is 11.5. The third-order valence-corrected chi connectivity index (χ3v) is 3.24. The topological polar surface area (TPSA) is 53.2 Å². The number of aliphatic hydroxyl groups is 1. The summed E-state index contributed by atoms with van der Waals surface area (Å²) < 4.78 is 19.3. The molecule has 2 aromatic rings. The summed E-state index contributed by atoms with van der Waals surface area (Å²) in [6.45, 7) is 3.61. The maximum Gasteiger partial charge on any atom is 0.129 e. The minimum absolute atomic E-state index is 0.0518. The predicted octanol–water partition coefficient (Wildman–Crippen LogP) is 3.64. The second kappa shape index (κ2) is 6.38. The quantitative estimate of drug-likeness (QED) is 0.933. The van der Waals surface area contributed by atoms with E-state index in [1.807, 2.05) is 19.1 Å². The molecule has 1 unspecified atom stereocenters. The minimum Gasteiger partial charge on any atom is -0.489 e. The molecule has 0 aliphatic carbocycles. The summed E-state index contributed by atoms with van der Waals surface area (Å²) in [5, 5.41) is 18.3. The van der Waals surface area contributed by atoms with E-state index in [1.54, 1.807) is 19.1 Å². The molecular weight excluding hydrogens is 269 g/mol. The molecule has 2 aromatic carbocycles. The molecule has 0 fully saturated rings. The fraction of sp³-hybridized carbons (Fsp3) is 0.235. The van der Waals surface area contributed by atoms with Crippen molar-refractivity contribution in [3.05, 3.63) is 64.5 Å². The normalized spacial score (nSPS) is 11.8. The smallest absolute Gasteiger partial charge is 0.129 e. The lowest BCUT2D eigenvalue weighted by atomic mass is 10.1. The summed E-state index contributed by atoms with van der Waals surface area (Å²) in [5.41, 5.74) is 2.41. The molecule has 0 aliphatic rings. The molecule has 0 heterocycles. The van der Waals surface area contributed by atoms with Crippen molar-refractivity contribution in [1.82, 2.24) is 0 Å². The van der Waals surface area contributed by atoms with Crippen LogP contribution in [-0.2, 0) is 6.61 Å². The molecule has 0 radical (unpaired) electrons. The fourth-order valence-electron chi connectivity index (χ4n) is 2.00. The first kappa shape index (κ1) is 15.0. The Morgan fingerprint density at radius 2 is 2.05 bits per heavy atom. The Labute approximate surface area is 123 Å². The van der Waals surface area contributed by atoms with Crippen LogP contribution in [0, 0.1) is 24.1 Å². The lowest BCUT2D eigenvalue weighted by Crippen LogP contribution is -2.01. The molecule has 0 saturated heterocycles. The minimum atomic E-state index is -0.539. The van der Waals surface area contributed by atoms with Crippen LogP contribution in [0.5, 0.6) is 5.75 Å². The van der Waals surface area contributed by atoms with E-state index >= 15 is 0 Å². The first-order chi connectivity index (χ1) is 10.0. The first-order valence-corrected chi connectivity index (χ1v) is 6.61. The highest BCUT2D eigenvalue weighted by atomic mass is 19.1. The number of hydrogen-bond donors (Lipinski definition) is 1. The van der Waals surface area contributed by atoms with E-state index < -0.39 is 11.9 Å². The van der Waals surface area contributed by atoms with Gasteiger partial charge in [-0.3, -0.25) is 0 Å². The van der Waals surface area contributed by atoms with Gasteiger partial charge in [-0.05, 0) is 55.3 Å². The Bertz CT molecular complexity index is 690. The van der Waals surface area contributed by atoms with Gasteiger partial charge in [0, 0.05) is 5.56 Å². The van der Waals surface area contributed by atoms with Gasteiger partial charge in [0.1, 0.15) is 18.2 Å². The van der Waals surface area contributed by atoms with Crippen LogP contribution in [0.2, 0.25) is 0 Å². The predicted molar refractivity (Wildman–Crippen MR) is 77.3 cm³/mol.